The van der Waals surface area contributed by atoms with Gasteiger partial charge in [-0.15, -0.1) is 23.2 Å². The molecule has 0 N–H and O–H groups in total. The fraction of sp³-hybridized carbons (Fsp3) is 1.00. The lowest BCUT2D eigenvalue weighted by Gasteiger charge is -2.14. The molecule has 5 heteroatoms. The lowest BCUT2D eigenvalue weighted by molar-refractivity contribution is 0.649. The van der Waals surface area contributed by atoms with Gasteiger partial charge in [-0.2, -0.15) is 0 Å². The smallest absolute Gasteiger partial charge is 0.127 e. The fourth-order valence-corrected chi connectivity index (χ4v) is 2.18. The lowest BCUT2D eigenvalue weighted by Crippen LogP contribution is -2.11. The average Bonchev–Trinajstić information content (AvgIpc) is 1.84. The van der Waals surface area contributed by atoms with E-state index in [0.29, 0.717) is 12.3 Å². The predicted octanol–water partition coefficient (Wildman–Crippen LogP) is 4.76. The van der Waals surface area contributed by atoms with Gasteiger partial charge in [0.05, 0.1) is 0 Å². The van der Waals surface area contributed by atoms with Crippen molar-refractivity contribution in [3.8, 4) is 0 Å². The summed E-state index contributed by atoms with van der Waals surface area (Å²) in [6.45, 7) is 0. The standard InChI is InChI=1S/C7H11Cl5/c8-4-2-1-3-6(9)5-7(10,11)12/h6H,1-5H2. The minimum absolute atomic E-state index is 0.0688. The third-order valence-electron chi connectivity index (χ3n) is 1.35. The molecule has 0 aliphatic heterocycles. The Bertz CT molecular complexity index is 109. The third kappa shape index (κ3) is 9.54. The van der Waals surface area contributed by atoms with E-state index in [9.17, 15) is 0 Å². The molecule has 0 saturated heterocycles. The molecule has 0 saturated carbocycles. The van der Waals surface area contributed by atoms with E-state index in [2.05, 4.69) is 0 Å². The van der Waals surface area contributed by atoms with Crippen molar-refractivity contribution in [2.75, 3.05) is 5.88 Å². The Labute approximate surface area is 98.4 Å². The number of hydrogen-bond donors (Lipinski definition) is 0. The van der Waals surface area contributed by atoms with Crippen molar-refractivity contribution in [1.29, 1.82) is 0 Å². The van der Waals surface area contributed by atoms with Crippen molar-refractivity contribution in [3.63, 3.8) is 0 Å². The molecule has 1 atom stereocenters. The molecule has 74 valence electrons. The Morgan fingerprint density at radius 3 is 2.08 bits per heavy atom. The molecule has 0 nitrogen and oxygen atoms in total. The van der Waals surface area contributed by atoms with Crippen LogP contribution in [0.25, 0.3) is 0 Å². The molecule has 0 radical (unpaired) electrons. The van der Waals surface area contributed by atoms with E-state index in [0.717, 1.165) is 19.3 Å². The summed E-state index contributed by atoms with van der Waals surface area (Å²) in [6.07, 6.45) is 3.19. The van der Waals surface area contributed by atoms with Gasteiger partial charge in [0.25, 0.3) is 0 Å². The number of halogens is 5. The molecule has 0 bridgehead atoms. The Balaban J connectivity index is 3.40. The van der Waals surface area contributed by atoms with Crippen LogP contribution in [0.4, 0.5) is 0 Å². The Kier molecular flexibility index (Phi) is 7.66. The second-order valence-corrected chi connectivity index (χ2v) is 6.11. The molecule has 0 rings (SSSR count). The van der Waals surface area contributed by atoms with E-state index in [-0.39, 0.29) is 5.38 Å². The molecular formula is C7H11Cl5. The van der Waals surface area contributed by atoms with Gasteiger partial charge in [-0.25, -0.2) is 0 Å². The van der Waals surface area contributed by atoms with Crippen molar-refractivity contribution >= 4 is 58.0 Å². The van der Waals surface area contributed by atoms with E-state index in [1.807, 2.05) is 0 Å². The fourth-order valence-electron chi connectivity index (χ4n) is 0.814. The highest BCUT2D eigenvalue weighted by Crippen LogP contribution is 2.34. The van der Waals surface area contributed by atoms with Gasteiger partial charge in [-0.1, -0.05) is 41.2 Å². The zero-order valence-electron chi connectivity index (χ0n) is 6.50. The molecule has 0 aromatic carbocycles. The molecule has 12 heavy (non-hydrogen) atoms. The highest BCUT2D eigenvalue weighted by atomic mass is 35.6. The van der Waals surface area contributed by atoms with Crippen molar-refractivity contribution < 1.29 is 0 Å². The van der Waals surface area contributed by atoms with E-state index in [1.54, 1.807) is 0 Å². The molecule has 0 amide bonds. The Morgan fingerprint density at radius 2 is 1.67 bits per heavy atom. The first-order valence-electron chi connectivity index (χ1n) is 3.72. The van der Waals surface area contributed by atoms with E-state index < -0.39 is 3.79 Å². The summed E-state index contributed by atoms with van der Waals surface area (Å²) < 4.78 is -1.23. The van der Waals surface area contributed by atoms with Crippen LogP contribution in [0.3, 0.4) is 0 Å². The summed E-state index contributed by atoms with van der Waals surface area (Å²) in [7, 11) is 0. The van der Waals surface area contributed by atoms with Crippen LogP contribution in [0.15, 0.2) is 0 Å². The summed E-state index contributed by atoms with van der Waals surface area (Å²) >= 11 is 28.1. The monoisotopic (exact) mass is 270 g/mol. The molecule has 0 aromatic heterocycles. The molecule has 0 fully saturated rings. The number of alkyl halides is 5. The van der Waals surface area contributed by atoms with Gasteiger partial charge in [-0.05, 0) is 12.8 Å². The minimum Gasteiger partial charge on any atom is -0.127 e. The maximum atomic E-state index is 5.90. The van der Waals surface area contributed by atoms with Crippen LogP contribution >= 0.6 is 58.0 Å². The Morgan fingerprint density at radius 1 is 1.08 bits per heavy atom. The summed E-state index contributed by atoms with van der Waals surface area (Å²) in [4.78, 5) is 0. The molecule has 0 aliphatic rings. The van der Waals surface area contributed by atoms with Crippen LogP contribution < -0.4 is 0 Å². The normalized spacial score (nSPS) is 14.8. The van der Waals surface area contributed by atoms with Gasteiger partial charge in [0, 0.05) is 17.7 Å². The first-order chi connectivity index (χ1) is 5.45. The van der Waals surface area contributed by atoms with Crippen LogP contribution in [0.1, 0.15) is 25.7 Å². The Hall–Kier alpha value is 1.45. The van der Waals surface area contributed by atoms with Crippen molar-refractivity contribution in [2.24, 2.45) is 0 Å². The first-order valence-corrected chi connectivity index (χ1v) is 5.83. The maximum Gasteiger partial charge on any atom is 0.192 e. The highest BCUT2D eigenvalue weighted by molar-refractivity contribution is 6.67. The summed E-state index contributed by atoms with van der Waals surface area (Å²) in [6, 6.07) is 0. The third-order valence-corrected chi connectivity index (χ3v) is 2.46. The lowest BCUT2D eigenvalue weighted by atomic mass is 10.1. The van der Waals surface area contributed by atoms with Gasteiger partial charge in [0.15, 0.2) is 3.79 Å². The molecule has 0 aromatic rings. The zero-order valence-corrected chi connectivity index (χ0v) is 10.3. The van der Waals surface area contributed by atoms with Gasteiger partial charge < -0.3 is 0 Å². The molecule has 0 aliphatic carbocycles. The zero-order chi connectivity index (χ0) is 9.61. The molecule has 0 heterocycles. The van der Waals surface area contributed by atoms with Crippen molar-refractivity contribution in [2.45, 2.75) is 34.9 Å². The molecule has 1 unspecified atom stereocenters. The van der Waals surface area contributed by atoms with Gasteiger partial charge in [-0.3, -0.25) is 0 Å². The highest BCUT2D eigenvalue weighted by Gasteiger charge is 2.23. The average molecular weight is 272 g/mol. The number of rotatable bonds is 5. The van der Waals surface area contributed by atoms with Crippen LogP contribution in [-0.2, 0) is 0 Å². The quantitative estimate of drug-likeness (QED) is 0.500. The predicted molar refractivity (Wildman–Crippen MR) is 59.1 cm³/mol. The van der Waals surface area contributed by atoms with Crippen LogP contribution in [0.2, 0.25) is 0 Å². The largest absolute Gasteiger partial charge is 0.192 e. The van der Waals surface area contributed by atoms with Crippen molar-refractivity contribution in [1.82, 2.24) is 0 Å². The summed E-state index contributed by atoms with van der Waals surface area (Å²) in [5, 5.41) is -0.0688. The maximum absolute atomic E-state index is 5.90. The summed E-state index contributed by atoms with van der Waals surface area (Å²) in [5.74, 6) is 0.664. The van der Waals surface area contributed by atoms with Gasteiger partial charge >= 0.3 is 0 Å². The van der Waals surface area contributed by atoms with E-state index in [4.69, 9.17) is 58.0 Å². The number of unbranched alkanes of at least 4 members (excludes halogenated alkanes) is 1. The van der Waals surface area contributed by atoms with E-state index >= 15 is 0 Å². The SMILES string of the molecule is ClCCCCC(Cl)CC(Cl)(Cl)Cl. The topological polar surface area (TPSA) is 0 Å². The number of hydrogen-bond acceptors (Lipinski definition) is 0. The first kappa shape index (κ1) is 13.4. The van der Waals surface area contributed by atoms with Gasteiger partial charge in [0.2, 0.25) is 0 Å². The molecular weight excluding hydrogens is 261 g/mol. The van der Waals surface area contributed by atoms with Gasteiger partial charge in [0.1, 0.15) is 0 Å². The van der Waals surface area contributed by atoms with E-state index in [1.165, 1.54) is 0 Å². The van der Waals surface area contributed by atoms with Crippen molar-refractivity contribution in [3.05, 3.63) is 0 Å². The minimum atomic E-state index is -1.23. The molecule has 0 spiro atoms. The van der Waals surface area contributed by atoms with Crippen LogP contribution in [0.5, 0.6) is 0 Å². The van der Waals surface area contributed by atoms with Crippen LogP contribution in [-0.4, -0.2) is 15.0 Å². The second-order valence-electron chi connectivity index (χ2n) is 2.60. The second kappa shape index (κ2) is 6.84. The van der Waals surface area contributed by atoms with Crippen LogP contribution in [0, 0.1) is 0 Å². The summed E-state index contributed by atoms with van der Waals surface area (Å²) in [5.41, 5.74) is 0.